The van der Waals surface area contributed by atoms with Crippen molar-refractivity contribution < 1.29 is 39.0 Å². The van der Waals surface area contributed by atoms with Crippen molar-refractivity contribution in [2.75, 3.05) is 19.6 Å². The van der Waals surface area contributed by atoms with Crippen LogP contribution in [-0.2, 0) is 35.2 Å². The molecule has 0 aromatic heterocycles. The Kier molecular flexibility index (Phi) is 13.7. The first-order chi connectivity index (χ1) is 19.5. The number of nitrogens with one attached hydrogen (secondary N) is 3. The third-order valence-corrected chi connectivity index (χ3v) is 6.77. The van der Waals surface area contributed by atoms with E-state index in [4.69, 9.17) is 16.6 Å². The maximum Gasteiger partial charge on any atom is 0.303 e. The molecule has 0 saturated carbocycles. The summed E-state index contributed by atoms with van der Waals surface area (Å²) in [5, 5.41) is 26.1. The fourth-order valence-corrected chi connectivity index (χ4v) is 4.45. The van der Waals surface area contributed by atoms with Gasteiger partial charge in [-0.2, -0.15) is 0 Å². The summed E-state index contributed by atoms with van der Waals surface area (Å²) in [6.45, 7) is 0.341. The Balaban J connectivity index is 2.02. The molecule has 0 unspecified atom stereocenters. The van der Waals surface area contributed by atoms with Gasteiger partial charge in [0.15, 0.2) is 0 Å². The average molecular weight is 577 g/mol. The number of nitrogens with two attached hydrogens (primary N) is 2. The number of aliphatic carboxylic acids is 1. The van der Waals surface area contributed by atoms with Gasteiger partial charge in [0, 0.05) is 19.4 Å². The van der Waals surface area contributed by atoms with Crippen molar-refractivity contribution in [1.82, 2.24) is 20.9 Å². The van der Waals surface area contributed by atoms with E-state index in [9.17, 15) is 33.9 Å². The average Bonchev–Trinajstić information content (AvgIpc) is 3.45. The molecular formula is C27H40N6O8. The summed E-state index contributed by atoms with van der Waals surface area (Å²) in [6, 6.07) is 2.17. The van der Waals surface area contributed by atoms with Gasteiger partial charge >= 0.3 is 5.97 Å². The molecule has 1 aliphatic rings. The molecule has 1 aliphatic heterocycles. The van der Waals surface area contributed by atoms with Crippen molar-refractivity contribution in [1.29, 1.82) is 0 Å². The van der Waals surface area contributed by atoms with Crippen LogP contribution in [0.25, 0.3) is 0 Å². The van der Waals surface area contributed by atoms with Gasteiger partial charge in [0.1, 0.15) is 24.1 Å². The molecule has 41 heavy (non-hydrogen) atoms. The Morgan fingerprint density at radius 3 is 2.39 bits per heavy atom. The summed E-state index contributed by atoms with van der Waals surface area (Å²) in [6.07, 6.45) is 3.01. The van der Waals surface area contributed by atoms with Crippen LogP contribution in [0.1, 0.15) is 50.5 Å². The van der Waals surface area contributed by atoms with Gasteiger partial charge in [0.2, 0.25) is 23.6 Å². The third kappa shape index (κ3) is 11.2. The molecule has 14 nitrogen and oxygen atoms in total. The second-order valence-electron chi connectivity index (χ2n) is 9.97. The molecule has 1 fully saturated rings. The maximum atomic E-state index is 13.1. The van der Waals surface area contributed by atoms with E-state index < -0.39 is 60.3 Å². The normalized spacial score (nSPS) is 16.7. The summed E-state index contributed by atoms with van der Waals surface area (Å²) in [7, 11) is 0. The maximum absolute atomic E-state index is 13.1. The van der Waals surface area contributed by atoms with Crippen molar-refractivity contribution in [3.63, 3.8) is 0 Å². The standard InChI is InChI=1S/C27H40N6O8/c28-12-2-1-4-18(16-34)31-27(41)22-5-3-13-33(22)23(36)15-30-26(40)21(14-17-6-8-19(35)9-7-17)32-25(39)20(29)10-11-24(37)38/h6-9,16,18,20-22,35H,1-5,10-15,28-29H2,(H,30,40)(H,31,41)(H,32,39)(H,37,38)/t18-,20-,21-,22-/m0/s1. The second kappa shape index (κ2) is 16.9. The van der Waals surface area contributed by atoms with Crippen molar-refractivity contribution in [3.05, 3.63) is 29.8 Å². The van der Waals surface area contributed by atoms with Gasteiger partial charge in [0.05, 0.1) is 18.6 Å². The van der Waals surface area contributed by atoms with Crippen LogP contribution in [0, 0.1) is 0 Å². The van der Waals surface area contributed by atoms with E-state index in [0.717, 1.165) is 6.42 Å². The molecule has 0 spiro atoms. The lowest BCUT2D eigenvalue weighted by molar-refractivity contribution is -0.139. The highest BCUT2D eigenvalue weighted by molar-refractivity contribution is 5.94. The molecule has 0 radical (unpaired) electrons. The molecule has 1 saturated heterocycles. The van der Waals surface area contributed by atoms with Crippen LogP contribution in [0.5, 0.6) is 5.75 Å². The zero-order valence-corrected chi connectivity index (χ0v) is 22.9. The van der Waals surface area contributed by atoms with Crippen LogP contribution in [0.2, 0.25) is 0 Å². The monoisotopic (exact) mass is 576 g/mol. The Morgan fingerprint density at radius 2 is 1.76 bits per heavy atom. The van der Waals surface area contributed by atoms with Gasteiger partial charge in [-0.1, -0.05) is 12.1 Å². The van der Waals surface area contributed by atoms with Gasteiger partial charge in [-0.15, -0.1) is 0 Å². The summed E-state index contributed by atoms with van der Waals surface area (Å²) in [5.41, 5.74) is 11.9. The largest absolute Gasteiger partial charge is 0.508 e. The van der Waals surface area contributed by atoms with Crippen LogP contribution >= 0.6 is 0 Å². The van der Waals surface area contributed by atoms with Crippen LogP contribution in [-0.4, -0.2) is 94.8 Å². The van der Waals surface area contributed by atoms with E-state index in [1.807, 2.05) is 0 Å². The summed E-state index contributed by atoms with van der Waals surface area (Å²) in [4.78, 5) is 75.0. The lowest BCUT2D eigenvalue weighted by atomic mass is 10.0. The molecule has 0 aliphatic carbocycles. The number of carbonyl (C=O) groups is 6. The first-order valence-corrected chi connectivity index (χ1v) is 13.6. The van der Waals surface area contributed by atoms with Gasteiger partial charge in [-0.25, -0.2) is 0 Å². The predicted molar refractivity (Wildman–Crippen MR) is 147 cm³/mol. The summed E-state index contributed by atoms with van der Waals surface area (Å²) < 4.78 is 0. The van der Waals surface area contributed by atoms with E-state index in [2.05, 4.69) is 16.0 Å². The molecule has 0 bridgehead atoms. The number of carboxylic acid groups (broad SMARTS) is 1. The highest BCUT2D eigenvalue weighted by atomic mass is 16.4. The first-order valence-electron chi connectivity index (χ1n) is 13.6. The molecule has 2 rings (SSSR count). The lowest BCUT2D eigenvalue weighted by Crippen LogP contribution is -2.55. The molecule has 9 N–H and O–H groups in total. The van der Waals surface area contributed by atoms with E-state index in [-0.39, 0.29) is 25.0 Å². The molecule has 14 heteroatoms. The number of phenols is 1. The van der Waals surface area contributed by atoms with Gasteiger partial charge in [-0.05, 0) is 62.8 Å². The number of carboxylic acids is 1. The zero-order valence-electron chi connectivity index (χ0n) is 22.9. The van der Waals surface area contributed by atoms with Crippen molar-refractivity contribution >= 4 is 35.9 Å². The van der Waals surface area contributed by atoms with E-state index in [1.165, 1.54) is 17.0 Å². The number of amides is 4. The van der Waals surface area contributed by atoms with Gasteiger partial charge in [0.25, 0.3) is 0 Å². The smallest absolute Gasteiger partial charge is 0.303 e. The Labute approximate surface area is 238 Å². The second-order valence-corrected chi connectivity index (χ2v) is 9.97. The lowest BCUT2D eigenvalue weighted by Gasteiger charge is -2.26. The number of benzene rings is 1. The SMILES string of the molecule is NCCCC[C@@H](C=O)NC(=O)[C@@H]1CCCN1C(=O)CNC(=O)[C@H](Cc1ccc(O)cc1)NC(=O)[C@@H](N)CCC(=O)O. The number of aldehydes is 1. The molecule has 1 heterocycles. The fourth-order valence-electron chi connectivity index (χ4n) is 4.45. The molecule has 4 atom stereocenters. The number of aromatic hydroxyl groups is 1. The Morgan fingerprint density at radius 1 is 1.05 bits per heavy atom. The third-order valence-electron chi connectivity index (χ3n) is 6.77. The number of unbranched alkanes of at least 4 members (excludes halogenated alkanes) is 1. The van der Waals surface area contributed by atoms with Crippen LogP contribution in [0.3, 0.4) is 0 Å². The summed E-state index contributed by atoms with van der Waals surface area (Å²) >= 11 is 0. The molecule has 1 aromatic carbocycles. The number of carbonyl (C=O) groups excluding carboxylic acids is 5. The van der Waals surface area contributed by atoms with Crippen molar-refractivity contribution in [3.8, 4) is 5.75 Å². The topological polar surface area (TPSA) is 234 Å². The number of phenolic OH excluding ortho intramolecular Hbond substituents is 1. The van der Waals surface area contributed by atoms with E-state index in [0.29, 0.717) is 50.6 Å². The number of nitrogens with zero attached hydrogens (tertiary/aromatic N) is 1. The number of hydrogen-bond donors (Lipinski definition) is 7. The predicted octanol–water partition coefficient (Wildman–Crippen LogP) is -1.47. The highest BCUT2D eigenvalue weighted by Gasteiger charge is 2.35. The molecule has 4 amide bonds. The number of hydrogen-bond acceptors (Lipinski definition) is 9. The minimum atomic E-state index is -1.17. The Hall–Kier alpha value is -4.04. The van der Waals surface area contributed by atoms with Crippen molar-refractivity contribution in [2.45, 2.75) is 75.5 Å². The van der Waals surface area contributed by atoms with Gasteiger partial charge in [-0.3, -0.25) is 24.0 Å². The first kappa shape index (κ1) is 33.2. The van der Waals surface area contributed by atoms with Crippen LogP contribution in [0.4, 0.5) is 0 Å². The quantitative estimate of drug-likeness (QED) is 0.0840. The minimum absolute atomic E-state index is 0.00365. The summed E-state index contributed by atoms with van der Waals surface area (Å²) in [5.74, 6) is -3.48. The van der Waals surface area contributed by atoms with Crippen LogP contribution < -0.4 is 27.4 Å². The van der Waals surface area contributed by atoms with Crippen LogP contribution in [0.15, 0.2) is 24.3 Å². The van der Waals surface area contributed by atoms with Crippen molar-refractivity contribution in [2.24, 2.45) is 11.5 Å². The highest BCUT2D eigenvalue weighted by Crippen LogP contribution is 2.18. The van der Waals surface area contributed by atoms with E-state index >= 15 is 0 Å². The van der Waals surface area contributed by atoms with E-state index in [1.54, 1.807) is 12.1 Å². The number of rotatable bonds is 17. The van der Waals surface area contributed by atoms with Gasteiger partial charge < -0.3 is 47.3 Å². The fraction of sp³-hybridized carbons (Fsp3) is 0.556. The zero-order chi connectivity index (χ0) is 30.4. The minimum Gasteiger partial charge on any atom is -0.508 e. The molecule has 1 aromatic rings. The molecular weight excluding hydrogens is 536 g/mol. The Bertz CT molecular complexity index is 1070. The molecule has 226 valence electrons. The number of likely N-dealkylation sites (tertiary alicyclic amines) is 1.